The number of carbonyl (C=O) groups excluding carboxylic acids is 2. The molecule has 0 aliphatic carbocycles. The van der Waals surface area contributed by atoms with Crippen LogP contribution in [0, 0.1) is 0 Å². The zero-order valence-electron chi connectivity index (χ0n) is 13.6. The van der Waals surface area contributed by atoms with E-state index in [0.29, 0.717) is 22.6 Å². The van der Waals surface area contributed by atoms with Crippen LogP contribution in [0.2, 0.25) is 0 Å². The number of carbonyl (C=O) groups is 2. The van der Waals surface area contributed by atoms with Gasteiger partial charge < -0.3 is 20.4 Å². The Labute approximate surface area is 156 Å². The third-order valence-corrected chi connectivity index (χ3v) is 4.73. The maximum absolute atomic E-state index is 12.5. The Morgan fingerprint density at radius 1 is 1.20 bits per heavy atom. The minimum absolute atomic E-state index is 0. The molecule has 1 saturated heterocycles. The molecule has 2 amide bonds. The molecule has 0 bridgehead atoms. The highest BCUT2D eigenvalue weighted by Crippen LogP contribution is 2.17. The number of halogens is 1. The van der Waals surface area contributed by atoms with Gasteiger partial charge in [-0.3, -0.25) is 9.59 Å². The number of nitrogens with two attached hydrogens (primary N) is 1. The van der Waals surface area contributed by atoms with E-state index in [1.165, 1.54) is 6.26 Å². The van der Waals surface area contributed by atoms with Gasteiger partial charge in [0.05, 0.1) is 12.1 Å². The van der Waals surface area contributed by atoms with Crippen LogP contribution in [0.15, 0.2) is 41.0 Å². The molecule has 1 aliphatic heterocycles. The van der Waals surface area contributed by atoms with Crippen molar-refractivity contribution in [3.8, 4) is 0 Å². The van der Waals surface area contributed by atoms with E-state index in [1.807, 2.05) is 16.7 Å². The van der Waals surface area contributed by atoms with Crippen molar-refractivity contribution in [1.82, 2.24) is 4.90 Å². The van der Waals surface area contributed by atoms with Crippen LogP contribution in [0.4, 0.5) is 5.69 Å². The molecule has 1 aliphatic rings. The van der Waals surface area contributed by atoms with E-state index >= 15 is 0 Å². The van der Waals surface area contributed by atoms with Crippen LogP contribution in [0.1, 0.15) is 26.5 Å². The van der Waals surface area contributed by atoms with Gasteiger partial charge in [0.25, 0.3) is 11.8 Å². The fourth-order valence-electron chi connectivity index (χ4n) is 2.49. The second kappa shape index (κ2) is 8.94. The van der Waals surface area contributed by atoms with E-state index < -0.39 is 0 Å². The number of nitrogens with one attached hydrogen (secondary N) is 1. The van der Waals surface area contributed by atoms with E-state index in [9.17, 15) is 9.59 Å². The summed E-state index contributed by atoms with van der Waals surface area (Å²) >= 11 is 1.86. The minimum Gasteiger partial charge on any atom is -0.467 e. The van der Waals surface area contributed by atoms with Gasteiger partial charge in [-0.1, -0.05) is 6.07 Å². The van der Waals surface area contributed by atoms with Gasteiger partial charge in [-0.25, -0.2) is 0 Å². The summed E-state index contributed by atoms with van der Waals surface area (Å²) in [7, 11) is 0. The number of thioether (sulfide) groups is 1. The van der Waals surface area contributed by atoms with Gasteiger partial charge in [-0.2, -0.15) is 11.8 Å². The monoisotopic (exact) mass is 381 g/mol. The molecule has 1 fully saturated rings. The summed E-state index contributed by atoms with van der Waals surface area (Å²) in [5, 5.41) is 2.78. The van der Waals surface area contributed by atoms with E-state index in [1.54, 1.807) is 30.3 Å². The summed E-state index contributed by atoms with van der Waals surface area (Å²) in [4.78, 5) is 26.6. The normalized spacial score (nSPS) is 13.9. The predicted molar refractivity (Wildman–Crippen MR) is 101 cm³/mol. The first-order valence-corrected chi connectivity index (χ1v) is 8.89. The smallest absolute Gasteiger partial charge is 0.258 e. The minimum atomic E-state index is -0.294. The molecular formula is C17H20ClN3O3S. The van der Waals surface area contributed by atoms with Crippen molar-refractivity contribution in [2.45, 2.75) is 6.54 Å². The van der Waals surface area contributed by atoms with Crippen molar-refractivity contribution in [3.05, 3.63) is 53.5 Å². The number of benzene rings is 1. The molecule has 0 radical (unpaired) electrons. The lowest BCUT2D eigenvalue weighted by molar-refractivity contribution is 0.0772. The predicted octanol–water partition coefficient (Wildman–Crippen LogP) is 2.60. The summed E-state index contributed by atoms with van der Waals surface area (Å²) in [6.45, 7) is 1.76. The summed E-state index contributed by atoms with van der Waals surface area (Å²) in [6.07, 6.45) is 1.37. The zero-order chi connectivity index (χ0) is 16.9. The molecule has 0 atom stereocenters. The highest BCUT2D eigenvalue weighted by atomic mass is 35.5. The Morgan fingerprint density at radius 3 is 2.64 bits per heavy atom. The topological polar surface area (TPSA) is 88.6 Å². The number of hydrogen-bond acceptors (Lipinski definition) is 5. The van der Waals surface area contributed by atoms with E-state index in [0.717, 1.165) is 24.6 Å². The number of anilines is 1. The van der Waals surface area contributed by atoms with Crippen LogP contribution in [0.5, 0.6) is 0 Å². The molecule has 2 aromatic rings. The summed E-state index contributed by atoms with van der Waals surface area (Å²) in [5.41, 5.74) is 7.03. The third-order valence-electron chi connectivity index (χ3n) is 3.78. The highest BCUT2D eigenvalue weighted by Gasteiger charge is 2.19. The van der Waals surface area contributed by atoms with Crippen LogP contribution >= 0.6 is 24.2 Å². The molecule has 0 spiro atoms. The van der Waals surface area contributed by atoms with Crippen molar-refractivity contribution in [3.63, 3.8) is 0 Å². The number of amides is 2. The SMILES string of the molecule is Cl.NCc1cc(C(=O)Nc2cccc(C(=O)N3CCSCC3)c2)co1. The Kier molecular flexibility index (Phi) is 6.92. The highest BCUT2D eigenvalue weighted by molar-refractivity contribution is 7.99. The maximum Gasteiger partial charge on any atom is 0.258 e. The first-order valence-electron chi connectivity index (χ1n) is 7.73. The van der Waals surface area contributed by atoms with Crippen molar-refractivity contribution in [2.24, 2.45) is 5.73 Å². The fourth-order valence-corrected chi connectivity index (χ4v) is 3.39. The molecule has 3 N–H and O–H groups in total. The van der Waals surface area contributed by atoms with Crippen LogP contribution in [-0.2, 0) is 6.54 Å². The van der Waals surface area contributed by atoms with Crippen molar-refractivity contribution in [1.29, 1.82) is 0 Å². The molecule has 3 rings (SSSR count). The fraction of sp³-hybridized carbons (Fsp3) is 0.294. The molecule has 134 valence electrons. The van der Waals surface area contributed by atoms with Gasteiger partial charge in [0.1, 0.15) is 12.0 Å². The Hall–Kier alpha value is -1.96. The van der Waals surface area contributed by atoms with Crippen LogP contribution in [0.25, 0.3) is 0 Å². The third kappa shape index (κ3) is 4.78. The summed E-state index contributed by atoms with van der Waals surface area (Å²) in [5.74, 6) is 2.18. The zero-order valence-corrected chi connectivity index (χ0v) is 15.2. The lowest BCUT2D eigenvalue weighted by Crippen LogP contribution is -2.37. The summed E-state index contributed by atoms with van der Waals surface area (Å²) in [6, 6.07) is 8.60. The number of furan rings is 1. The second-order valence-electron chi connectivity index (χ2n) is 5.45. The lowest BCUT2D eigenvalue weighted by Gasteiger charge is -2.26. The van der Waals surface area contributed by atoms with Crippen LogP contribution in [0.3, 0.4) is 0 Å². The molecule has 1 aromatic carbocycles. The van der Waals surface area contributed by atoms with Crippen molar-refractivity contribution >= 4 is 41.7 Å². The Bertz CT molecular complexity index is 744. The van der Waals surface area contributed by atoms with Gasteiger partial charge in [-0.05, 0) is 24.3 Å². The van der Waals surface area contributed by atoms with Crippen molar-refractivity contribution < 1.29 is 14.0 Å². The molecule has 6 nitrogen and oxygen atoms in total. The average Bonchev–Trinajstić information content (AvgIpc) is 3.11. The Balaban J connectivity index is 0.00000225. The largest absolute Gasteiger partial charge is 0.467 e. The first kappa shape index (κ1) is 19.4. The molecule has 0 saturated carbocycles. The van der Waals surface area contributed by atoms with E-state index in [-0.39, 0.29) is 30.8 Å². The molecule has 2 heterocycles. The quantitative estimate of drug-likeness (QED) is 0.849. The molecule has 25 heavy (non-hydrogen) atoms. The van der Waals surface area contributed by atoms with Crippen LogP contribution < -0.4 is 11.1 Å². The standard InChI is InChI=1S/C17H19N3O3S.ClH/c18-10-15-9-13(11-23-15)16(21)19-14-3-1-2-12(8-14)17(22)20-4-6-24-7-5-20;/h1-3,8-9,11H,4-7,10,18H2,(H,19,21);1H. The van der Waals surface area contributed by atoms with Gasteiger partial charge >= 0.3 is 0 Å². The van der Waals surface area contributed by atoms with E-state index in [2.05, 4.69) is 5.32 Å². The van der Waals surface area contributed by atoms with Gasteiger partial charge in [0.15, 0.2) is 0 Å². The molecule has 1 aromatic heterocycles. The maximum atomic E-state index is 12.5. The molecule has 0 unspecified atom stereocenters. The van der Waals surface area contributed by atoms with Crippen molar-refractivity contribution in [2.75, 3.05) is 29.9 Å². The van der Waals surface area contributed by atoms with Gasteiger partial charge in [0, 0.05) is 35.8 Å². The van der Waals surface area contributed by atoms with E-state index in [4.69, 9.17) is 10.2 Å². The van der Waals surface area contributed by atoms with Crippen LogP contribution in [-0.4, -0.2) is 41.3 Å². The number of nitrogens with zero attached hydrogens (tertiary/aromatic N) is 1. The summed E-state index contributed by atoms with van der Waals surface area (Å²) < 4.78 is 5.17. The second-order valence-corrected chi connectivity index (χ2v) is 6.67. The molecular weight excluding hydrogens is 362 g/mol. The average molecular weight is 382 g/mol. The number of rotatable bonds is 4. The molecule has 8 heteroatoms. The lowest BCUT2D eigenvalue weighted by atomic mass is 10.1. The Morgan fingerprint density at radius 2 is 1.96 bits per heavy atom. The number of hydrogen-bond donors (Lipinski definition) is 2. The van der Waals surface area contributed by atoms with Gasteiger partial charge in [-0.15, -0.1) is 12.4 Å². The first-order chi connectivity index (χ1) is 11.7. The van der Waals surface area contributed by atoms with Gasteiger partial charge in [0.2, 0.25) is 0 Å².